The van der Waals surface area contributed by atoms with E-state index in [2.05, 4.69) is 59.3 Å². The number of nitrogens with one attached hydrogen (secondary N) is 1. The second-order valence-corrected chi connectivity index (χ2v) is 9.87. The van der Waals surface area contributed by atoms with Gasteiger partial charge >= 0.3 is 0 Å². The van der Waals surface area contributed by atoms with Crippen LogP contribution in [0.25, 0.3) is 11.1 Å². The first-order valence-corrected chi connectivity index (χ1v) is 11.9. The molecule has 1 aromatic heterocycles. The average molecular weight is 428 g/mol. The fourth-order valence-corrected chi connectivity index (χ4v) is 5.46. The van der Waals surface area contributed by atoms with Gasteiger partial charge in [-0.2, -0.15) is 0 Å². The Morgan fingerprint density at radius 3 is 2.47 bits per heavy atom. The van der Waals surface area contributed by atoms with Crippen molar-refractivity contribution < 1.29 is 9.53 Å². The van der Waals surface area contributed by atoms with Crippen molar-refractivity contribution in [3.63, 3.8) is 0 Å². The van der Waals surface area contributed by atoms with E-state index in [9.17, 15) is 4.79 Å². The zero-order valence-corrected chi connectivity index (χ0v) is 19.0. The summed E-state index contributed by atoms with van der Waals surface area (Å²) in [5, 5.41) is 4.39. The lowest BCUT2D eigenvalue weighted by atomic mass is 9.98. The molecule has 0 saturated carbocycles. The highest BCUT2D eigenvalue weighted by molar-refractivity contribution is 7.18. The summed E-state index contributed by atoms with van der Waals surface area (Å²) < 4.78 is 5.53. The van der Waals surface area contributed by atoms with Gasteiger partial charge in [-0.25, -0.2) is 0 Å². The van der Waals surface area contributed by atoms with Crippen molar-refractivity contribution in [2.24, 2.45) is 0 Å². The van der Waals surface area contributed by atoms with Crippen molar-refractivity contribution in [2.45, 2.75) is 38.6 Å². The summed E-state index contributed by atoms with van der Waals surface area (Å²) in [5.74, 6) is 0.0294. The molecule has 0 aliphatic carbocycles. The molecule has 1 aromatic carbocycles. The van der Waals surface area contributed by atoms with Gasteiger partial charge in [0.15, 0.2) is 0 Å². The summed E-state index contributed by atoms with van der Waals surface area (Å²) in [4.78, 5) is 18.7. The number of nitrogens with zero attached hydrogens (tertiary/aromatic N) is 2. The molecule has 2 aliphatic heterocycles. The van der Waals surface area contributed by atoms with E-state index in [1.54, 1.807) is 11.3 Å². The SMILES string of the molecule is CC(C)(CNC(=O)c1cc(-c2ccccc2)c(N2CCOCC2)s1)N1CCCCC1. The number of likely N-dealkylation sites (tertiary alicyclic amines) is 1. The molecule has 6 heteroatoms. The normalized spacial score (nSPS) is 18.4. The van der Waals surface area contributed by atoms with Crippen molar-refractivity contribution in [1.29, 1.82) is 0 Å². The molecule has 3 heterocycles. The van der Waals surface area contributed by atoms with Gasteiger partial charge in [0.2, 0.25) is 0 Å². The number of morpholine rings is 1. The van der Waals surface area contributed by atoms with E-state index >= 15 is 0 Å². The molecule has 2 aromatic rings. The maximum atomic E-state index is 13.1. The molecule has 0 unspecified atom stereocenters. The van der Waals surface area contributed by atoms with Gasteiger partial charge in [0.1, 0.15) is 0 Å². The third-order valence-electron chi connectivity index (χ3n) is 6.21. The number of piperidine rings is 1. The molecule has 162 valence electrons. The molecular weight excluding hydrogens is 394 g/mol. The van der Waals surface area contributed by atoms with E-state index in [0.717, 1.165) is 55.4 Å². The lowest BCUT2D eigenvalue weighted by Crippen LogP contribution is -2.53. The molecule has 1 N–H and O–H groups in total. The van der Waals surface area contributed by atoms with Gasteiger partial charge in [-0.3, -0.25) is 9.69 Å². The van der Waals surface area contributed by atoms with Crippen LogP contribution >= 0.6 is 11.3 Å². The highest BCUT2D eigenvalue weighted by Gasteiger charge is 2.29. The molecule has 2 fully saturated rings. The number of amides is 1. The molecule has 0 spiro atoms. The van der Waals surface area contributed by atoms with Crippen LogP contribution in [0.15, 0.2) is 36.4 Å². The van der Waals surface area contributed by atoms with Crippen LogP contribution in [0.3, 0.4) is 0 Å². The van der Waals surface area contributed by atoms with Crippen LogP contribution < -0.4 is 10.2 Å². The first-order chi connectivity index (χ1) is 14.5. The Hall–Kier alpha value is -1.89. The molecule has 0 atom stereocenters. The quantitative estimate of drug-likeness (QED) is 0.749. The number of benzene rings is 1. The first-order valence-electron chi connectivity index (χ1n) is 11.1. The lowest BCUT2D eigenvalue weighted by Gasteiger charge is -2.41. The molecular formula is C24H33N3O2S. The summed E-state index contributed by atoms with van der Waals surface area (Å²) >= 11 is 1.60. The maximum absolute atomic E-state index is 13.1. The number of thiophene rings is 1. The minimum absolute atomic E-state index is 0.0252. The molecule has 2 aliphatic rings. The second kappa shape index (κ2) is 9.50. The van der Waals surface area contributed by atoms with Crippen LogP contribution in [0.4, 0.5) is 5.00 Å². The van der Waals surface area contributed by atoms with Crippen LogP contribution in [0.1, 0.15) is 42.8 Å². The summed E-state index contributed by atoms with van der Waals surface area (Å²) in [6, 6.07) is 12.4. The Kier molecular flexibility index (Phi) is 6.76. The number of hydrogen-bond donors (Lipinski definition) is 1. The van der Waals surface area contributed by atoms with E-state index in [-0.39, 0.29) is 11.4 Å². The third kappa shape index (κ3) is 4.88. The van der Waals surface area contributed by atoms with Crippen LogP contribution in [0.5, 0.6) is 0 Å². The van der Waals surface area contributed by atoms with Crippen molar-refractivity contribution in [2.75, 3.05) is 50.8 Å². The van der Waals surface area contributed by atoms with E-state index in [1.807, 2.05) is 6.07 Å². The van der Waals surface area contributed by atoms with Crippen LogP contribution in [0, 0.1) is 0 Å². The Morgan fingerprint density at radius 1 is 1.07 bits per heavy atom. The predicted octanol–water partition coefficient (Wildman–Crippen LogP) is 4.25. The van der Waals surface area contributed by atoms with Gasteiger partial charge in [-0.15, -0.1) is 11.3 Å². The number of carbonyl (C=O) groups excluding carboxylic acids is 1. The number of ether oxygens (including phenoxy) is 1. The molecule has 2 saturated heterocycles. The zero-order valence-electron chi connectivity index (χ0n) is 18.2. The molecule has 4 rings (SSSR count). The summed E-state index contributed by atoms with van der Waals surface area (Å²) in [6.07, 6.45) is 3.83. The standard InChI is InChI=1S/C24H33N3O2S/c1-24(2,27-11-7-4-8-12-27)18-25-22(28)21-17-20(19-9-5-3-6-10-19)23(30-21)26-13-15-29-16-14-26/h3,5-6,9-10,17H,4,7-8,11-16,18H2,1-2H3,(H,25,28). The van der Waals surface area contributed by atoms with Gasteiger partial charge in [0.25, 0.3) is 5.91 Å². The van der Waals surface area contributed by atoms with Crippen LogP contribution in [0.2, 0.25) is 0 Å². The molecule has 0 radical (unpaired) electrons. The van der Waals surface area contributed by atoms with Gasteiger partial charge in [-0.05, 0) is 51.4 Å². The van der Waals surface area contributed by atoms with E-state index in [1.165, 1.54) is 24.3 Å². The minimum Gasteiger partial charge on any atom is -0.378 e. The lowest BCUT2D eigenvalue weighted by molar-refractivity contribution is 0.0800. The second-order valence-electron chi connectivity index (χ2n) is 8.84. The van der Waals surface area contributed by atoms with Crippen molar-refractivity contribution in [1.82, 2.24) is 10.2 Å². The van der Waals surface area contributed by atoms with Crippen molar-refractivity contribution >= 4 is 22.2 Å². The Morgan fingerprint density at radius 2 is 1.77 bits per heavy atom. The Bertz CT molecular complexity index is 837. The Labute approximate surface area is 184 Å². The number of hydrogen-bond acceptors (Lipinski definition) is 5. The van der Waals surface area contributed by atoms with Crippen LogP contribution in [-0.2, 0) is 4.74 Å². The topological polar surface area (TPSA) is 44.8 Å². The smallest absolute Gasteiger partial charge is 0.261 e. The van der Waals surface area contributed by atoms with Crippen molar-refractivity contribution in [3.05, 3.63) is 41.3 Å². The molecule has 0 bridgehead atoms. The largest absolute Gasteiger partial charge is 0.378 e. The highest BCUT2D eigenvalue weighted by Crippen LogP contribution is 2.39. The minimum atomic E-state index is -0.0252. The van der Waals surface area contributed by atoms with Gasteiger partial charge in [0, 0.05) is 30.7 Å². The summed E-state index contributed by atoms with van der Waals surface area (Å²) in [6.45, 7) is 10.6. The van der Waals surface area contributed by atoms with Crippen LogP contribution in [-0.4, -0.2) is 62.3 Å². The fourth-order valence-electron chi connectivity index (χ4n) is 4.31. The van der Waals surface area contributed by atoms with E-state index < -0.39 is 0 Å². The molecule has 5 nitrogen and oxygen atoms in total. The summed E-state index contributed by atoms with van der Waals surface area (Å²) in [7, 11) is 0. The number of rotatable bonds is 6. The van der Waals surface area contributed by atoms with Crippen molar-refractivity contribution in [3.8, 4) is 11.1 Å². The zero-order chi connectivity index (χ0) is 21.0. The fraction of sp³-hybridized carbons (Fsp3) is 0.542. The number of carbonyl (C=O) groups is 1. The van der Waals surface area contributed by atoms with Gasteiger partial charge < -0.3 is 15.0 Å². The molecule has 1 amide bonds. The van der Waals surface area contributed by atoms with E-state index in [4.69, 9.17) is 4.74 Å². The monoisotopic (exact) mass is 427 g/mol. The van der Waals surface area contributed by atoms with Gasteiger partial charge in [0.05, 0.1) is 23.1 Å². The number of anilines is 1. The molecule has 30 heavy (non-hydrogen) atoms. The summed E-state index contributed by atoms with van der Waals surface area (Å²) in [5.41, 5.74) is 2.27. The highest BCUT2D eigenvalue weighted by atomic mass is 32.1. The third-order valence-corrected chi connectivity index (χ3v) is 7.41. The van der Waals surface area contributed by atoms with Gasteiger partial charge in [-0.1, -0.05) is 36.8 Å². The Balaban J connectivity index is 1.51. The predicted molar refractivity (Wildman–Crippen MR) is 125 cm³/mol. The maximum Gasteiger partial charge on any atom is 0.261 e. The van der Waals surface area contributed by atoms with E-state index in [0.29, 0.717) is 6.54 Å². The average Bonchev–Trinajstić information content (AvgIpc) is 3.25. The first kappa shape index (κ1) is 21.3.